The predicted molar refractivity (Wildman–Crippen MR) is 102 cm³/mol. The van der Waals surface area contributed by atoms with Crippen LogP contribution in [0.2, 0.25) is 0 Å². The van der Waals surface area contributed by atoms with Crippen molar-refractivity contribution in [1.29, 1.82) is 0 Å². The van der Waals surface area contributed by atoms with Crippen molar-refractivity contribution >= 4 is 11.6 Å². The van der Waals surface area contributed by atoms with E-state index in [0.29, 0.717) is 25.4 Å². The van der Waals surface area contributed by atoms with E-state index in [2.05, 4.69) is 33.2 Å². The van der Waals surface area contributed by atoms with Crippen LogP contribution >= 0.6 is 0 Å². The van der Waals surface area contributed by atoms with Gasteiger partial charge in [-0.25, -0.2) is 4.98 Å². The van der Waals surface area contributed by atoms with Gasteiger partial charge in [0.2, 0.25) is 0 Å². The van der Waals surface area contributed by atoms with Crippen LogP contribution in [0.15, 0.2) is 72.1 Å². The van der Waals surface area contributed by atoms with Gasteiger partial charge in [0.1, 0.15) is 5.54 Å². The van der Waals surface area contributed by atoms with E-state index in [4.69, 9.17) is 4.42 Å². The lowest BCUT2D eigenvalue weighted by atomic mass is 9.89. The fourth-order valence-electron chi connectivity index (χ4n) is 4.45. The van der Waals surface area contributed by atoms with Crippen LogP contribution in [0.4, 0.5) is 5.69 Å². The first-order valence-electron chi connectivity index (χ1n) is 9.09. The molecule has 3 aromatic heterocycles. The molecule has 136 valence electrons. The zero-order valence-corrected chi connectivity index (χ0v) is 14.9. The van der Waals surface area contributed by atoms with Gasteiger partial charge in [0.05, 0.1) is 24.2 Å². The summed E-state index contributed by atoms with van der Waals surface area (Å²) in [5.41, 5.74) is 1.91. The van der Waals surface area contributed by atoms with Crippen molar-refractivity contribution in [3.8, 4) is 5.82 Å². The molecule has 0 saturated carbocycles. The summed E-state index contributed by atoms with van der Waals surface area (Å²) < 4.78 is 7.48. The molecule has 1 fully saturated rings. The number of likely N-dealkylation sites (tertiary alicyclic amines) is 1. The number of carbonyl (C=O) groups is 1. The smallest absolute Gasteiger partial charge is 0.289 e. The minimum absolute atomic E-state index is 0.0643. The SMILES string of the molecule is C=CCN1c2cccnc2-n2cccc2C12CCN(C(=O)c1ccco1)C2. The molecule has 0 radical (unpaired) electrons. The van der Waals surface area contributed by atoms with Gasteiger partial charge in [-0.2, -0.15) is 0 Å². The Morgan fingerprint density at radius 2 is 2.22 bits per heavy atom. The third kappa shape index (κ3) is 2.19. The van der Waals surface area contributed by atoms with Crippen molar-refractivity contribution in [3.05, 3.63) is 79.2 Å². The van der Waals surface area contributed by atoms with E-state index in [1.165, 1.54) is 6.26 Å². The highest BCUT2D eigenvalue weighted by Gasteiger charge is 2.50. The van der Waals surface area contributed by atoms with Crippen LogP contribution < -0.4 is 4.90 Å². The number of aromatic nitrogens is 2. The molecule has 0 bridgehead atoms. The minimum atomic E-state index is -0.310. The quantitative estimate of drug-likeness (QED) is 0.673. The molecule has 6 nitrogen and oxygen atoms in total. The summed E-state index contributed by atoms with van der Waals surface area (Å²) in [5, 5.41) is 0. The van der Waals surface area contributed by atoms with Crippen molar-refractivity contribution in [2.45, 2.75) is 12.0 Å². The molecule has 1 saturated heterocycles. The Morgan fingerprint density at radius 3 is 3.04 bits per heavy atom. The summed E-state index contributed by atoms with van der Waals surface area (Å²) in [6.45, 7) is 5.91. The fraction of sp³-hybridized carbons (Fsp3) is 0.238. The summed E-state index contributed by atoms with van der Waals surface area (Å²) in [4.78, 5) is 21.7. The standard InChI is InChI=1S/C21H20N4O2/c1-2-11-25-16-6-3-10-22-19(16)24-12-4-8-18(24)21(25)9-13-23(15-21)20(26)17-7-5-14-27-17/h2-8,10,12,14H,1,9,11,13,15H2. The largest absolute Gasteiger partial charge is 0.459 e. The number of hydrogen-bond acceptors (Lipinski definition) is 4. The van der Waals surface area contributed by atoms with Gasteiger partial charge in [-0.3, -0.25) is 4.79 Å². The van der Waals surface area contributed by atoms with E-state index in [9.17, 15) is 4.79 Å². The lowest BCUT2D eigenvalue weighted by Gasteiger charge is -2.46. The van der Waals surface area contributed by atoms with E-state index >= 15 is 0 Å². The van der Waals surface area contributed by atoms with Crippen LogP contribution in [0, 0.1) is 0 Å². The Hall–Kier alpha value is -3.28. The second kappa shape index (κ2) is 5.87. The summed E-state index contributed by atoms with van der Waals surface area (Å²) >= 11 is 0. The fourth-order valence-corrected chi connectivity index (χ4v) is 4.45. The number of amides is 1. The average molecular weight is 360 g/mol. The van der Waals surface area contributed by atoms with Gasteiger partial charge < -0.3 is 18.8 Å². The predicted octanol–water partition coefficient (Wildman–Crippen LogP) is 3.21. The van der Waals surface area contributed by atoms with Crippen LogP contribution in [0.3, 0.4) is 0 Å². The van der Waals surface area contributed by atoms with E-state index in [-0.39, 0.29) is 11.4 Å². The highest BCUT2D eigenvalue weighted by Crippen LogP contribution is 2.47. The molecular weight excluding hydrogens is 340 g/mol. The normalized spacial score (nSPS) is 20.6. The highest BCUT2D eigenvalue weighted by molar-refractivity contribution is 5.92. The number of carbonyl (C=O) groups excluding carboxylic acids is 1. The zero-order valence-electron chi connectivity index (χ0n) is 14.9. The lowest BCUT2D eigenvalue weighted by Crippen LogP contribution is -2.52. The second-order valence-corrected chi connectivity index (χ2v) is 6.99. The Bertz CT molecular complexity index is 1010. The van der Waals surface area contributed by atoms with Crippen LogP contribution in [0.1, 0.15) is 22.7 Å². The molecule has 2 aliphatic rings. The number of nitrogens with zero attached hydrogens (tertiary/aromatic N) is 4. The summed E-state index contributed by atoms with van der Waals surface area (Å²) in [6.07, 6.45) is 8.15. The molecule has 1 amide bonds. The number of anilines is 1. The van der Waals surface area contributed by atoms with Gasteiger partial charge in [0, 0.05) is 25.5 Å². The maximum Gasteiger partial charge on any atom is 0.289 e. The van der Waals surface area contributed by atoms with E-state index in [0.717, 1.165) is 23.6 Å². The van der Waals surface area contributed by atoms with E-state index in [1.54, 1.807) is 12.1 Å². The second-order valence-electron chi connectivity index (χ2n) is 6.99. The van der Waals surface area contributed by atoms with Crippen molar-refractivity contribution < 1.29 is 9.21 Å². The number of hydrogen-bond donors (Lipinski definition) is 0. The first kappa shape index (κ1) is 15.9. The maximum atomic E-state index is 12.9. The van der Waals surface area contributed by atoms with Crippen LogP contribution in [0.5, 0.6) is 0 Å². The number of fused-ring (bicyclic) bond motifs is 4. The lowest BCUT2D eigenvalue weighted by molar-refractivity contribution is 0.0750. The molecule has 1 atom stereocenters. The van der Waals surface area contributed by atoms with Gasteiger partial charge in [-0.05, 0) is 42.8 Å². The third-order valence-electron chi connectivity index (χ3n) is 5.61. The van der Waals surface area contributed by atoms with Crippen molar-refractivity contribution in [2.75, 3.05) is 24.5 Å². The molecule has 6 heteroatoms. The number of rotatable bonds is 3. The molecule has 5 rings (SSSR count). The Kier molecular flexibility index (Phi) is 3.47. The molecule has 27 heavy (non-hydrogen) atoms. The summed E-state index contributed by atoms with van der Waals surface area (Å²) in [7, 11) is 0. The first-order valence-corrected chi connectivity index (χ1v) is 9.09. The molecule has 0 aromatic carbocycles. The molecular formula is C21H20N4O2. The Balaban J connectivity index is 1.61. The van der Waals surface area contributed by atoms with Crippen molar-refractivity contribution in [3.63, 3.8) is 0 Å². The first-order chi connectivity index (χ1) is 13.2. The molecule has 5 heterocycles. The molecule has 2 aliphatic heterocycles. The monoisotopic (exact) mass is 360 g/mol. The highest BCUT2D eigenvalue weighted by atomic mass is 16.3. The topological polar surface area (TPSA) is 54.5 Å². The minimum Gasteiger partial charge on any atom is -0.459 e. The van der Waals surface area contributed by atoms with Gasteiger partial charge in [-0.15, -0.1) is 6.58 Å². The summed E-state index contributed by atoms with van der Waals surface area (Å²) in [5.74, 6) is 1.24. The molecule has 1 unspecified atom stereocenters. The van der Waals surface area contributed by atoms with Crippen LogP contribution in [-0.4, -0.2) is 40.0 Å². The van der Waals surface area contributed by atoms with Crippen molar-refractivity contribution in [1.82, 2.24) is 14.5 Å². The Labute approximate surface area is 157 Å². The molecule has 3 aromatic rings. The van der Waals surface area contributed by atoms with Crippen LogP contribution in [-0.2, 0) is 5.54 Å². The Morgan fingerprint density at radius 1 is 1.30 bits per heavy atom. The average Bonchev–Trinajstić information content (AvgIpc) is 3.46. The maximum absolute atomic E-state index is 12.9. The van der Waals surface area contributed by atoms with Gasteiger partial charge in [0.15, 0.2) is 11.6 Å². The van der Waals surface area contributed by atoms with Gasteiger partial charge in [0.25, 0.3) is 5.91 Å². The number of furan rings is 1. The van der Waals surface area contributed by atoms with Crippen molar-refractivity contribution in [2.24, 2.45) is 0 Å². The van der Waals surface area contributed by atoms with E-state index in [1.807, 2.05) is 35.5 Å². The third-order valence-corrected chi connectivity index (χ3v) is 5.61. The van der Waals surface area contributed by atoms with E-state index < -0.39 is 0 Å². The number of pyridine rings is 1. The van der Waals surface area contributed by atoms with Crippen LogP contribution in [0.25, 0.3) is 5.82 Å². The molecule has 1 spiro atoms. The van der Waals surface area contributed by atoms with Gasteiger partial charge >= 0.3 is 0 Å². The molecule has 0 aliphatic carbocycles. The van der Waals surface area contributed by atoms with Gasteiger partial charge in [-0.1, -0.05) is 6.08 Å². The summed E-state index contributed by atoms with van der Waals surface area (Å²) in [6, 6.07) is 11.7. The zero-order chi connectivity index (χ0) is 18.4. The molecule has 0 N–H and O–H groups in total.